The van der Waals surface area contributed by atoms with Gasteiger partial charge in [-0.3, -0.25) is 9.59 Å². The minimum atomic E-state index is -4.53. The van der Waals surface area contributed by atoms with Crippen LogP contribution in [0.2, 0.25) is 0 Å². The molecule has 2 amide bonds. The molecule has 0 unspecified atom stereocenters. The van der Waals surface area contributed by atoms with Crippen molar-refractivity contribution in [3.05, 3.63) is 59.7 Å². The number of rotatable bonds is 6. The highest BCUT2D eigenvalue weighted by atomic mass is 19.4. The van der Waals surface area contributed by atoms with Crippen LogP contribution in [0.15, 0.2) is 53.7 Å². The fraction of sp³-hybridized carbons (Fsp3) is 0.111. The molecule has 2 rings (SSSR count). The van der Waals surface area contributed by atoms with Gasteiger partial charge in [0.15, 0.2) is 6.61 Å². The van der Waals surface area contributed by atoms with E-state index in [-0.39, 0.29) is 5.69 Å². The second-order valence-electron chi connectivity index (χ2n) is 5.32. The van der Waals surface area contributed by atoms with Gasteiger partial charge in [-0.2, -0.15) is 18.4 Å². The van der Waals surface area contributed by atoms with Crippen LogP contribution in [0.4, 0.5) is 24.5 Å². The second-order valence-corrected chi connectivity index (χ2v) is 5.32. The predicted molar refractivity (Wildman–Crippen MR) is 94.3 cm³/mol. The summed E-state index contributed by atoms with van der Waals surface area (Å²) in [5.41, 5.74) is -0.223. The number of anilines is 2. The van der Waals surface area contributed by atoms with Crippen LogP contribution < -0.4 is 10.6 Å². The topological polar surface area (TPSA) is 104 Å². The maximum absolute atomic E-state index is 12.6. The summed E-state index contributed by atoms with van der Waals surface area (Å²) in [6.45, 7) is -0.510. The van der Waals surface area contributed by atoms with E-state index in [0.717, 1.165) is 18.2 Å². The zero-order valence-electron chi connectivity index (χ0n) is 14.2. The Bertz CT molecular complexity index is 936. The highest BCUT2D eigenvalue weighted by Crippen LogP contribution is 2.30. The number of alkyl halides is 3. The minimum Gasteiger partial charge on any atom is -0.385 e. The second kappa shape index (κ2) is 9.18. The zero-order chi connectivity index (χ0) is 20.6. The summed E-state index contributed by atoms with van der Waals surface area (Å²) >= 11 is 0. The number of carbonyl (C=O) groups is 2. The van der Waals surface area contributed by atoms with E-state index in [9.17, 15) is 22.8 Å². The van der Waals surface area contributed by atoms with Crippen LogP contribution in [0.5, 0.6) is 0 Å². The van der Waals surface area contributed by atoms with Crippen LogP contribution in [-0.2, 0) is 20.6 Å². The standard InChI is InChI=1S/C18H13F3N4O3/c19-18(20,21)13-4-2-6-15(8-13)24-16(26)10-23-28-11-17(27)25-14-5-1-3-12(7-14)9-22/h1-8,10H,11H2,(H,24,26)(H,25,27)/b23-10+. The van der Waals surface area contributed by atoms with Gasteiger partial charge >= 0.3 is 6.18 Å². The van der Waals surface area contributed by atoms with Gasteiger partial charge < -0.3 is 15.5 Å². The number of amides is 2. The molecule has 0 aliphatic carbocycles. The van der Waals surface area contributed by atoms with Gasteiger partial charge in [0.05, 0.1) is 17.2 Å². The summed E-state index contributed by atoms with van der Waals surface area (Å²) in [4.78, 5) is 28.0. The molecule has 0 atom stereocenters. The fourth-order valence-electron chi connectivity index (χ4n) is 1.99. The highest BCUT2D eigenvalue weighted by Gasteiger charge is 2.30. The minimum absolute atomic E-state index is 0.0682. The quantitative estimate of drug-likeness (QED) is 0.584. The van der Waals surface area contributed by atoms with Crippen LogP contribution in [0, 0.1) is 11.3 Å². The Morgan fingerprint density at radius 1 is 1.11 bits per heavy atom. The first kappa shape index (κ1) is 20.4. The number of halogens is 3. The van der Waals surface area contributed by atoms with Crippen LogP contribution in [-0.4, -0.2) is 24.6 Å². The van der Waals surface area contributed by atoms with Gasteiger partial charge in [0.1, 0.15) is 6.21 Å². The van der Waals surface area contributed by atoms with E-state index >= 15 is 0 Å². The third-order valence-corrected chi connectivity index (χ3v) is 3.17. The molecule has 2 aromatic rings. The first-order chi connectivity index (χ1) is 13.3. The van der Waals surface area contributed by atoms with Crippen LogP contribution in [0.25, 0.3) is 0 Å². The molecule has 0 heterocycles. The molecule has 2 aromatic carbocycles. The van der Waals surface area contributed by atoms with Crippen molar-refractivity contribution >= 4 is 29.4 Å². The molecule has 0 aromatic heterocycles. The lowest BCUT2D eigenvalue weighted by molar-refractivity contribution is -0.137. The predicted octanol–water partition coefficient (Wildman–Crippen LogP) is 3.16. The van der Waals surface area contributed by atoms with Gasteiger partial charge in [-0.15, -0.1) is 0 Å². The van der Waals surface area contributed by atoms with Crippen molar-refractivity contribution in [2.24, 2.45) is 5.16 Å². The Balaban J connectivity index is 1.80. The number of nitrogens with zero attached hydrogens (tertiary/aromatic N) is 2. The van der Waals surface area contributed by atoms with Gasteiger partial charge in [0, 0.05) is 11.4 Å². The Hall–Kier alpha value is -3.87. The first-order valence-corrected chi connectivity index (χ1v) is 7.71. The molecule has 0 saturated carbocycles. The number of nitriles is 1. The number of hydrogen-bond acceptors (Lipinski definition) is 5. The molecule has 2 N–H and O–H groups in total. The number of carbonyl (C=O) groups excluding carboxylic acids is 2. The SMILES string of the molecule is N#Cc1cccc(NC(=O)CO/N=C/C(=O)Nc2cccc(C(F)(F)F)c2)c1. The van der Waals surface area contributed by atoms with E-state index in [2.05, 4.69) is 20.6 Å². The summed E-state index contributed by atoms with van der Waals surface area (Å²) in [5, 5.41) is 16.7. The molecule has 10 heteroatoms. The lowest BCUT2D eigenvalue weighted by Gasteiger charge is -2.08. The van der Waals surface area contributed by atoms with Crippen LogP contribution >= 0.6 is 0 Å². The van der Waals surface area contributed by atoms with Crippen molar-refractivity contribution < 1.29 is 27.6 Å². The van der Waals surface area contributed by atoms with E-state index in [4.69, 9.17) is 5.26 Å². The van der Waals surface area contributed by atoms with Crippen LogP contribution in [0.1, 0.15) is 11.1 Å². The van der Waals surface area contributed by atoms with E-state index < -0.39 is 30.2 Å². The highest BCUT2D eigenvalue weighted by molar-refractivity contribution is 6.31. The van der Waals surface area contributed by atoms with E-state index in [0.29, 0.717) is 17.5 Å². The Kier molecular flexibility index (Phi) is 6.70. The zero-order valence-corrected chi connectivity index (χ0v) is 14.2. The molecule has 7 nitrogen and oxygen atoms in total. The van der Waals surface area contributed by atoms with Gasteiger partial charge in [-0.25, -0.2) is 0 Å². The largest absolute Gasteiger partial charge is 0.416 e. The molecule has 0 aliphatic rings. The summed E-state index contributed by atoms with van der Waals surface area (Å²) in [6, 6.07) is 12.2. The first-order valence-electron chi connectivity index (χ1n) is 7.71. The molecular formula is C18H13F3N4O3. The molecule has 0 radical (unpaired) electrons. The van der Waals surface area contributed by atoms with Crippen molar-refractivity contribution in [3.8, 4) is 6.07 Å². The summed E-state index contributed by atoms with van der Waals surface area (Å²) < 4.78 is 37.8. The molecular weight excluding hydrogens is 377 g/mol. The Morgan fingerprint density at radius 2 is 1.79 bits per heavy atom. The van der Waals surface area contributed by atoms with Gasteiger partial charge in [-0.05, 0) is 36.4 Å². The number of hydrogen-bond donors (Lipinski definition) is 2. The molecule has 28 heavy (non-hydrogen) atoms. The Labute approximate surface area is 157 Å². The average Bonchev–Trinajstić information content (AvgIpc) is 2.65. The van der Waals surface area contributed by atoms with Crippen molar-refractivity contribution in [3.63, 3.8) is 0 Å². The van der Waals surface area contributed by atoms with Crippen molar-refractivity contribution in [2.45, 2.75) is 6.18 Å². The van der Waals surface area contributed by atoms with Crippen molar-refractivity contribution in [2.75, 3.05) is 17.2 Å². The lowest BCUT2D eigenvalue weighted by atomic mass is 10.2. The van der Waals surface area contributed by atoms with E-state index in [1.807, 2.05) is 6.07 Å². The molecule has 0 saturated heterocycles. The Morgan fingerprint density at radius 3 is 2.46 bits per heavy atom. The van der Waals surface area contributed by atoms with Gasteiger partial charge in [-0.1, -0.05) is 17.3 Å². The molecule has 144 valence electrons. The molecule has 0 fully saturated rings. The maximum Gasteiger partial charge on any atom is 0.416 e. The number of nitrogens with one attached hydrogen (secondary N) is 2. The van der Waals surface area contributed by atoms with E-state index in [1.54, 1.807) is 18.2 Å². The molecule has 0 bridgehead atoms. The van der Waals surface area contributed by atoms with Gasteiger partial charge in [0.25, 0.3) is 11.8 Å². The molecule has 0 spiro atoms. The number of benzene rings is 2. The number of oxime groups is 1. The van der Waals surface area contributed by atoms with Crippen molar-refractivity contribution in [1.29, 1.82) is 5.26 Å². The fourth-order valence-corrected chi connectivity index (χ4v) is 1.99. The monoisotopic (exact) mass is 390 g/mol. The third kappa shape index (κ3) is 6.45. The van der Waals surface area contributed by atoms with Crippen LogP contribution in [0.3, 0.4) is 0 Å². The lowest BCUT2D eigenvalue weighted by Crippen LogP contribution is -2.18. The summed E-state index contributed by atoms with van der Waals surface area (Å²) in [7, 11) is 0. The van der Waals surface area contributed by atoms with Crippen molar-refractivity contribution in [1.82, 2.24) is 0 Å². The third-order valence-electron chi connectivity index (χ3n) is 3.17. The summed E-state index contributed by atoms with van der Waals surface area (Å²) in [6.07, 6.45) is -3.85. The van der Waals surface area contributed by atoms with Gasteiger partial charge in [0.2, 0.25) is 0 Å². The van der Waals surface area contributed by atoms with E-state index in [1.165, 1.54) is 12.1 Å². The normalized spacial score (nSPS) is 10.9. The summed E-state index contributed by atoms with van der Waals surface area (Å²) in [5.74, 6) is -1.41. The maximum atomic E-state index is 12.6. The molecule has 0 aliphatic heterocycles. The average molecular weight is 390 g/mol. The smallest absolute Gasteiger partial charge is 0.385 e.